The largest absolute Gasteiger partial charge is 0.339 e. The maximum absolute atomic E-state index is 12.6. The van der Waals surface area contributed by atoms with E-state index in [4.69, 9.17) is 0 Å². The Morgan fingerprint density at radius 2 is 1.77 bits per heavy atom. The minimum absolute atomic E-state index is 0. The van der Waals surface area contributed by atoms with Gasteiger partial charge in [-0.2, -0.15) is 0 Å². The molecule has 0 bridgehead atoms. The lowest BCUT2D eigenvalue weighted by Crippen LogP contribution is -2.56. The van der Waals surface area contributed by atoms with Gasteiger partial charge >= 0.3 is 0 Å². The lowest BCUT2D eigenvalue weighted by atomic mass is 10.1. The summed E-state index contributed by atoms with van der Waals surface area (Å²) in [6.07, 6.45) is 0.892. The van der Waals surface area contributed by atoms with Gasteiger partial charge in [0.15, 0.2) is 0 Å². The van der Waals surface area contributed by atoms with Gasteiger partial charge < -0.3 is 15.5 Å². The molecule has 0 aromatic heterocycles. The zero-order chi connectivity index (χ0) is 19.9. The third kappa shape index (κ3) is 7.39. The second-order valence-corrected chi connectivity index (χ2v) is 7.74. The number of rotatable bonds is 6. The van der Waals surface area contributed by atoms with E-state index >= 15 is 0 Å². The molecule has 9 heteroatoms. The SMILES string of the molecule is CCc1ccccc1NC(=O)CN1CCN(C(=O)CN2CCNC[C@H]2C)CC1.Cl.Cl. The molecular weight excluding hydrogens is 425 g/mol. The number of halogens is 2. The quantitative estimate of drug-likeness (QED) is 0.673. The van der Waals surface area contributed by atoms with Crippen molar-refractivity contribution in [1.29, 1.82) is 0 Å². The molecule has 1 aromatic rings. The van der Waals surface area contributed by atoms with Gasteiger partial charge in [0.1, 0.15) is 0 Å². The number of carbonyl (C=O) groups excluding carboxylic acids is 2. The number of para-hydroxylation sites is 1. The number of anilines is 1. The average molecular weight is 460 g/mol. The normalized spacial score (nSPS) is 20.1. The molecular formula is C21H35Cl2N5O2. The fourth-order valence-corrected chi connectivity index (χ4v) is 3.89. The zero-order valence-corrected chi connectivity index (χ0v) is 19.6. The van der Waals surface area contributed by atoms with Crippen molar-refractivity contribution in [3.05, 3.63) is 29.8 Å². The molecule has 7 nitrogen and oxygen atoms in total. The van der Waals surface area contributed by atoms with Crippen LogP contribution in [0, 0.1) is 0 Å². The second kappa shape index (κ2) is 13.1. The van der Waals surface area contributed by atoms with Crippen LogP contribution in [-0.2, 0) is 16.0 Å². The Bertz CT molecular complexity index is 683. The van der Waals surface area contributed by atoms with Crippen molar-refractivity contribution >= 4 is 42.3 Å². The molecule has 0 unspecified atom stereocenters. The van der Waals surface area contributed by atoms with Crippen LogP contribution in [0.3, 0.4) is 0 Å². The number of nitrogens with one attached hydrogen (secondary N) is 2. The maximum Gasteiger partial charge on any atom is 0.238 e. The van der Waals surface area contributed by atoms with E-state index in [0.29, 0.717) is 32.2 Å². The average Bonchev–Trinajstić information content (AvgIpc) is 2.70. The molecule has 0 spiro atoms. The number of carbonyl (C=O) groups is 2. The summed E-state index contributed by atoms with van der Waals surface area (Å²) in [5.74, 6) is 0.213. The van der Waals surface area contributed by atoms with E-state index in [1.54, 1.807) is 0 Å². The van der Waals surface area contributed by atoms with Crippen LogP contribution < -0.4 is 10.6 Å². The molecule has 3 rings (SSSR count). The van der Waals surface area contributed by atoms with E-state index < -0.39 is 0 Å². The molecule has 2 heterocycles. The predicted molar refractivity (Wildman–Crippen MR) is 126 cm³/mol. The number of aryl methyl sites for hydroxylation is 1. The highest BCUT2D eigenvalue weighted by atomic mass is 35.5. The molecule has 0 aliphatic carbocycles. The van der Waals surface area contributed by atoms with Gasteiger partial charge in [0, 0.05) is 57.5 Å². The number of nitrogens with zero attached hydrogens (tertiary/aromatic N) is 3. The summed E-state index contributed by atoms with van der Waals surface area (Å²) in [6, 6.07) is 8.32. The highest BCUT2D eigenvalue weighted by Crippen LogP contribution is 2.15. The summed E-state index contributed by atoms with van der Waals surface area (Å²) in [7, 11) is 0. The summed E-state index contributed by atoms with van der Waals surface area (Å²) in [6.45, 7) is 10.8. The van der Waals surface area contributed by atoms with Crippen molar-refractivity contribution in [2.24, 2.45) is 0 Å². The maximum atomic E-state index is 12.6. The molecule has 2 saturated heterocycles. The van der Waals surface area contributed by atoms with E-state index in [2.05, 4.69) is 34.3 Å². The standard InChI is InChI=1S/C21H33N5O2.2ClH/c1-3-18-6-4-5-7-19(18)23-20(27)15-24-10-12-25(13-11-24)21(28)16-26-9-8-22-14-17(26)2;;/h4-7,17,22H,3,8-16H2,1-2H3,(H,23,27);2*1H/t17-;;/m1../s1. The smallest absolute Gasteiger partial charge is 0.238 e. The Labute approximate surface area is 192 Å². The Kier molecular flexibility index (Phi) is 11.7. The minimum Gasteiger partial charge on any atom is -0.339 e. The second-order valence-electron chi connectivity index (χ2n) is 7.74. The first-order valence-corrected chi connectivity index (χ1v) is 10.4. The van der Waals surface area contributed by atoms with Gasteiger partial charge in [-0.1, -0.05) is 25.1 Å². The molecule has 0 radical (unpaired) electrons. The molecule has 2 aliphatic rings. The van der Waals surface area contributed by atoms with Gasteiger partial charge in [-0.3, -0.25) is 19.4 Å². The molecule has 2 N–H and O–H groups in total. The topological polar surface area (TPSA) is 67.9 Å². The Hall–Kier alpha value is -1.38. The van der Waals surface area contributed by atoms with Crippen molar-refractivity contribution in [2.75, 3.05) is 64.2 Å². The van der Waals surface area contributed by atoms with Gasteiger partial charge in [0.25, 0.3) is 0 Å². The molecule has 1 atom stereocenters. The summed E-state index contributed by atoms with van der Waals surface area (Å²) in [5.41, 5.74) is 2.04. The van der Waals surface area contributed by atoms with E-state index in [-0.39, 0.29) is 36.6 Å². The van der Waals surface area contributed by atoms with E-state index in [0.717, 1.165) is 50.4 Å². The number of benzene rings is 1. The monoisotopic (exact) mass is 459 g/mol. The molecule has 2 aliphatic heterocycles. The molecule has 1 aromatic carbocycles. The van der Waals surface area contributed by atoms with E-state index in [9.17, 15) is 9.59 Å². The lowest BCUT2D eigenvalue weighted by molar-refractivity contribution is -0.135. The van der Waals surface area contributed by atoms with Crippen molar-refractivity contribution in [3.63, 3.8) is 0 Å². The number of piperazine rings is 2. The summed E-state index contributed by atoms with van der Waals surface area (Å²) in [5, 5.41) is 6.38. The van der Waals surface area contributed by atoms with Crippen LogP contribution in [-0.4, -0.2) is 91.5 Å². The number of hydrogen-bond acceptors (Lipinski definition) is 5. The summed E-state index contributed by atoms with van der Waals surface area (Å²) < 4.78 is 0. The van der Waals surface area contributed by atoms with Crippen LogP contribution in [0.25, 0.3) is 0 Å². The number of hydrogen-bond donors (Lipinski definition) is 2. The first-order valence-electron chi connectivity index (χ1n) is 10.4. The lowest BCUT2D eigenvalue weighted by Gasteiger charge is -2.38. The van der Waals surface area contributed by atoms with Crippen LogP contribution in [0.4, 0.5) is 5.69 Å². The van der Waals surface area contributed by atoms with Crippen LogP contribution in [0.2, 0.25) is 0 Å². The number of amides is 2. The molecule has 30 heavy (non-hydrogen) atoms. The van der Waals surface area contributed by atoms with Gasteiger partial charge in [-0.25, -0.2) is 0 Å². The fraction of sp³-hybridized carbons (Fsp3) is 0.619. The van der Waals surface area contributed by atoms with Crippen molar-refractivity contribution in [2.45, 2.75) is 26.3 Å². The van der Waals surface area contributed by atoms with E-state index in [1.165, 1.54) is 0 Å². The van der Waals surface area contributed by atoms with Gasteiger partial charge in [-0.05, 0) is 25.0 Å². The Morgan fingerprint density at radius 3 is 2.43 bits per heavy atom. The van der Waals surface area contributed by atoms with Crippen molar-refractivity contribution in [3.8, 4) is 0 Å². The van der Waals surface area contributed by atoms with Crippen LogP contribution >= 0.6 is 24.8 Å². The van der Waals surface area contributed by atoms with Gasteiger partial charge in [0.05, 0.1) is 13.1 Å². The Morgan fingerprint density at radius 1 is 1.07 bits per heavy atom. The summed E-state index contributed by atoms with van der Waals surface area (Å²) in [4.78, 5) is 31.4. The highest BCUT2D eigenvalue weighted by Gasteiger charge is 2.26. The van der Waals surface area contributed by atoms with Crippen LogP contribution in [0.15, 0.2) is 24.3 Å². The molecule has 170 valence electrons. The third-order valence-corrected chi connectivity index (χ3v) is 5.74. The third-order valence-electron chi connectivity index (χ3n) is 5.74. The highest BCUT2D eigenvalue weighted by molar-refractivity contribution is 5.93. The van der Waals surface area contributed by atoms with Crippen molar-refractivity contribution < 1.29 is 9.59 Å². The first kappa shape index (κ1) is 26.7. The van der Waals surface area contributed by atoms with Crippen molar-refractivity contribution in [1.82, 2.24) is 20.0 Å². The van der Waals surface area contributed by atoms with Crippen LogP contribution in [0.5, 0.6) is 0 Å². The Balaban J connectivity index is 0.00000225. The zero-order valence-electron chi connectivity index (χ0n) is 17.9. The van der Waals surface area contributed by atoms with Gasteiger partial charge in [-0.15, -0.1) is 24.8 Å². The fourth-order valence-electron chi connectivity index (χ4n) is 3.89. The first-order chi connectivity index (χ1) is 13.6. The van der Waals surface area contributed by atoms with Crippen LogP contribution in [0.1, 0.15) is 19.4 Å². The molecule has 0 saturated carbocycles. The molecule has 2 fully saturated rings. The summed E-state index contributed by atoms with van der Waals surface area (Å²) >= 11 is 0. The minimum atomic E-state index is 0. The van der Waals surface area contributed by atoms with Gasteiger partial charge in [0.2, 0.25) is 11.8 Å². The predicted octanol–water partition coefficient (Wildman–Crippen LogP) is 1.47. The molecule has 2 amide bonds. The van der Waals surface area contributed by atoms with E-state index in [1.807, 2.05) is 29.2 Å².